The number of hydrogen-bond donors (Lipinski definition) is 0. The zero-order valence-electron chi connectivity index (χ0n) is 7.31. The fourth-order valence-corrected chi connectivity index (χ4v) is 0.635. The van der Waals surface area contributed by atoms with Crippen molar-refractivity contribution in [3.05, 3.63) is 11.9 Å². The van der Waals surface area contributed by atoms with Crippen molar-refractivity contribution in [2.75, 3.05) is 0 Å². The van der Waals surface area contributed by atoms with Crippen LogP contribution >= 0.6 is 0 Å². The van der Waals surface area contributed by atoms with E-state index in [0.29, 0.717) is 0 Å². The van der Waals surface area contributed by atoms with Crippen LogP contribution in [0.2, 0.25) is 0 Å². The normalized spacial score (nSPS) is 15.7. The molecule has 0 amide bonds. The van der Waals surface area contributed by atoms with Crippen LogP contribution in [0.4, 0.5) is 35.1 Å². The minimum atomic E-state index is -6.50. The third kappa shape index (κ3) is 2.40. The monoisotopic (exact) mass is 242 g/mol. The number of rotatable bonds is 3. The van der Waals surface area contributed by atoms with E-state index in [4.69, 9.17) is 0 Å². The fourth-order valence-electron chi connectivity index (χ4n) is 0.635. The molecule has 0 bridgehead atoms. The third-order valence-electron chi connectivity index (χ3n) is 1.43. The summed E-state index contributed by atoms with van der Waals surface area (Å²) in [6, 6.07) is 0. The molecule has 0 aliphatic heterocycles. The van der Waals surface area contributed by atoms with Gasteiger partial charge in [-0.25, -0.2) is 4.39 Å². The number of allylic oxidation sites excluding steroid dienone is 2. The maximum absolute atomic E-state index is 12.4. The lowest BCUT2D eigenvalue weighted by Crippen LogP contribution is -2.52. The van der Waals surface area contributed by atoms with Gasteiger partial charge in [-0.2, -0.15) is 30.7 Å². The van der Waals surface area contributed by atoms with E-state index < -0.39 is 30.3 Å². The minimum Gasteiger partial charge on any atom is -0.205 e. The van der Waals surface area contributed by atoms with Gasteiger partial charge in [0.05, 0.1) is 0 Å². The molecule has 15 heavy (non-hydrogen) atoms. The van der Waals surface area contributed by atoms with Crippen LogP contribution in [0.1, 0.15) is 13.3 Å². The van der Waals surface area contributed by atoms with Gasteiger partial charge in [-0.1, -0.05) is 6.92 Å². The third-order valence-corrected chi connectivity index (χ3v) is 1.43. The first-order chi connectivity index (χ1) is 6.48. The first-order valence-corrected chi connectivity index (χ1v) is 3.67. The number of hydrogen-bond acceptors (Lipinski definition) is 0. The molecule has 0 aromatic rings. The summed E-state index contributed by atoms with van der Waals surface area (Å²) in [4.78, 5) is 0. The molecule has 0 radical (unpaired) electrons. The highest BCUT2D eigenvalue weighted by molar-refractivity contribution is 5.12. The summed E-state index contributed by atoms with van der Waals surface area (Å²) in [7, 11) is 0. The van der Waals surface area contributed by atoms with Crippen molar-refractivity contribution in [1.82, 2.24) is 0 Å². The molecule has 8 heteroatoms. The average Bonchev–Trinajstić information content (AvgIpc) is 2.02. The molecule has 0 aliphatic rings. The second kappa shape index (κ2) is 3.97. The Kier molecular flexibility index (Phi) is 3.76. The molecule has 0 unspecified atom stereocenters. The fraction of sp³-hybridized carbons (Fsp3) is 0.714. The number of halogens is 8. The predicted octanol–water partition coefficient (Wildman–Crippen LogP) is 4.08. The van der Waals surface area contributed by atoms with Crippen LogP contribution in [0.3, 0.4) is 0 Å². The van der Waals surface area contributed by atoms with Gasteiger partial charge in [0.15, 0.2) is 5.83 Å². The molecule has 0 saturated heterocycles. The highest BCUT2D eigenvalue weighted by Crippen LogP contribution is 2.50. The highest BCUT2D eigenvalue weighted by atomic mass is 19.4. The minimum absolute atomic E-state index is 0.0281. The largest absolute Gasteiger partial charge is 0.460 e. The van der Waals surface area contributed by atoms with Crippen LogP contribution in [0.25, 0.3) is 0 Å². The topological polar surface area (TPSA) is 0 Å². The maximum Gasteiger partial charge on any atom is 0.460 e. The zero-order chi connectivity index (χ0) is 12.5. The summed E-state index contributed by atoms with van der Waals surface area (Å²) in [5.41, 5.74) is 0. The lowest BCUT2D eigenvalue weighted by molar-refractivity contribution is -0.347. The first kappa shape index (κ1) is 14.2. The summed E-state index contributed by atoms with van der Waals surface area (Å²) >= 11 is 0. The van der Waals surface area contributed by atoms with Crippen LogP contribution in [0.15, 0.2) is 11.9 Å². The molecule has 0 spiro atoms. The SMILES string of the molecule is CC/C=C(\F)C(F)(F)C(F)(F)C(F)(F)F. The van der Waals surface area contributed by atoms with Gasteiger partial charge in [-0.15, -0.1) is 0 Å². The Balaban J connectivity index is 5.28. The maximum atomic E-state index is 12.4. The number of alkyl halides is 7. The van der Waals surface area contributed by atoms with Crippen molar-refractivity contribution in [2.24, 2.45) is 0 Å². The van der Waals surface area contributed by atoms with Crippen LogP contribution < -0.4 is 0 Å². The molecule has 0 atom stereocenters. The molecule has 0 fully saturated rings. The summed E-state index contributed by atoms with van der Waals surface area (Å²) in [6.07, 6.45) is -6.95. The summed E-state index contributed by atoms with van der Waals surface area (Å²) < 4.78 is 95.8. The van der Waals surface area contributed by atoms with Gasteiger partial charge < -0.3 is 0 Å². The first-order valence-electron chi connectivity index (χ1n) is 3.67. The molecule has 0 aromatic heterocycles. The van der Waals surface area contributed by atoms with Gasteiger partial charge in [-0.05, 0) is 12.5 Å². The van der Waals surface area contributed by atoms with Crippen molar-refractivity contribution in [1.29, 1.82) is 0 Å². The Morgan fingerprint density at radius 3 is 1.67 bits per heavy atom. The Bertz CT molecular complexity index is 248. The Morgan fingerprint density at radius 2 is 1.40 bits per heavy atom. The molecular weight excluding hydrogens is 236 g/mol. The molecule has 0 N–H and O–H groups in total. The van der Waals surface area contributed by atoms with E-state index in [1.807, 2.05) is 0 Å². The van der Waals surface area contributed by atoms with Crippen molar-refractivity contribution in [2.45, 2.75) is 31.4 Å². The van der Waals surface area contributed by atoms with E-state index >= 15 is 0 Å². The Morgan fingerprint density at radius 1 is 1.00 bits per heavy atom. The van der Waals surface area contributed by atoms with Crippen LogP contribution in [-0.4, -0.2) is 18.0 Å². The van der Waals surface area contributed by atoms with Crippen molar-refractivity contribution in [3.63, 3.8) is 0 Å². The smallest absolute Gasteiger partial charge is 0.205 e. The second-order valence-electron chi connectivity index (χ2n) is 2.61. The molecule has 0 heterocycles. The van der Waals surface area contributed by atoms with Gasteiger partial charge in [0.25, 0.3) is 0 Å². The Labute approximate surface area is 79.6 Å². The van der Waals surface area contributed by atoms with Crippen LogP contribution in [-0.2, 0) is 0 Å². The van der Waals surface area contributed by atoms with Crippen molar-refractivity contribution in [3.8, 4) is 0 Å². The lowest BCUT2D eigenvalue weighted by atomic mass is 10.1. The zero-order valence-corrected chi connectivity index (χ0v) is 7.31. The van der Waals surface area contributed by atoms with E-state index in [1.165, 1.54) is 0 Å². The average molecular weight is 242 g/mol. The lowest BCUT2D eigenvalue weighted by Gasteiger charge is -2.26. The van der Waals surface area contributed by atoms with Gasteiger partial charge in [0.1, 0.15) is 0 Å². The summed E-state index contributed by atoms with van der Waals surface area (Å²) in [6.45, 7) is 1.11. The summed E-state index contributed by atoms with van der Waals surface area (Å²) in [5, 5.41) is 0. The van der Waals surface area contributed by atoms with Gasteiger partial charge in [-0.3, -0.25) is 0 Å². The standard InChI is InChI=1S/C7H6F8/c1-2-3-4(8)5(9,10)6(11,12)7(13,14)15/h3H,2H2,1H3/b4-3-. The molecular formula is C7H6F8. The molecule has 0 nitrogen and oxygen atoms in total. The molecule has 0 rings (SSSR count). The van der Waals surface area contributed by atoms with Gasteiger partial charge in [0, 0.05) is 0 Å². The Hall–Kier alpha value is -0.820. The van der Waals surface area contributed by atoms with Crippen LogP contribution in [0.5, 0.6) is 0 Å². The van der Waals surface area contributed by atoms with E-state index in [2.05, 4.69) is 0 Å². The van der Waals surface area contributed by atoms with E-state index in [9.17, 15) is 35.1 Å². The molecule has 0 aliphatic carbocycles. The molecule has 0 saturated carbocycles. The van der Waals surface area contributed by atoms with E-state index in [-0.39, 0.29) is 6.08 Å². The quantitative estimate of drug-likeness (QED) is 0.654. The highest BCUT2D eigenvalue weighted by Gasteiger charge is 2.74. The van der Waals surface area contributed by atoms with Crippen LogP contribution in [0, 0.1) is 0 Å². The molecule has 0 aromatic carbocycles. The van der Waals surface area contributed by atoms with Gasteiger partial charge in [0.2, 0.25) is 0 Å². The van der Waals surface area contributed by atoms with Crippen molar-refractivity contribution < 1.29 is 35.1 Å². The van der Waals surface area contributed by atoms with E-state index in [1.54, 1.807) is 0 Å². The second-order valence-corrected chi connectivity index (χ2v) is 2.61. The van der Waals surface area contributed by atoms with Gasteiger partial charge >= 0.3 is 18.0 Å². The predicted molar refractivity (Wildman–Crippen MR) is 35.4 cm³/mol. The molecule has 90 valence electrons. The summed E-state index contributed by atoms with van der Waals surface area (Å²) in [5.74, 6) is -15.1. The van der Waals surface area contributed by atoms with Crippen molar-refractivity contribution >= 4 is 0 Å². The van der Waals surface area contributed by atoms with E-state index in [0.717, 1.165) is 6.92 Å².